The molecule has 3 heterocycles. The number of halogens is 1. The Kier molecular flexibility index (Phi) is 8.45. The van der Waals surface area contributed by atoms with Crippen LogP contribution in [0, 0.1) is 17.1 Å². The van der Waals surface area contributed by atoms with Crippen molar-refractivity contribution >= 4 is 39.1 Å². The SMILES string of the molecule is N#Cc1cc2c(Oc3ccc(NC(=O)Nc4nccs4)c(F)c3)ccnc2cc1OCCCN1CCCCC1. The molecule has 0 atom stereocenters. The molecular weight excluding hydrogens is 519 g/mol. The first-order valence-electron chi connectivity index (χ1n) is 12.7. The maximum Gasteiger partial charge on any atom is 0.325 e. The van der Waals surface area contributed by atoms with Gasteiger partial charge < -0.3 is 19.7 Å². The van der Waals surface area contributed by atoms with Crippen molar-refractivity contribution in [3.05, 3.63) is 65.6 Å². The first-order chi connectivity index (χ1) is 19.1. The van der Waals surface area contributed by atoms with Gasteiger partial charge in [0, 0.05) is 41.8 Å². The molecule has 4 aromatic rings. The van der Waals surface area contributed by atoms with Crippen molar-refractivity contribution in [1.29, 1.82) is 5.26 Å². The molecule has 2 N–H and O–H groups in total. The Morgan fingerprint density at radius 2 is 1.95 bits per heavy atom. The van der Waals surface area contributed by atoms with E-state index < -0.39 is 11.8 Å². The summed E-state index contributed by atoms with van der Waals surface area (Å²) in [7, 11) is 0. The smallest absolute Gasteiger partial charge is 0.325 e. The summed E-state index contributed by atoms with van der Waals surface area (Å²) < 4.78 is 26.6. The standard InChI is InChI=1S/C28H27FN6O3S/c29-22-16-20(5-6-23(22)33-27(36)34-28-32-9-14-39-28)38-25-7-8-31-24-17-26(19(18-30)15-21(24)25)37-13-4-12-35-10-2-1-3-11-35/h5-9,14-17H,1-4,10-13H2,(H2,32,33,34,36). The average molecular weight is 547 g/mol. The van der Waals surface area contributed by atoms with Gasteiger partial charge in [-0.1, -0.05) is 6.42 Å². The summed E-state index contributed by atoms with van der Waals surface area (Å²) in [6, 6.07) is 10.8. The highest BCUT2D eigenvalue weighted by Gasteiger charge is 2.14. The van der Waals surface area contributed by atoms with E-state index in [9.17, 15) is 14.4 Å². The number of piperidine rings is 1. The predicted molar refractivity (Wildman–Crippen MR) is 148 cm³/mol. The maximum absolute atomic E-state index is 14.7. The van der Waals surface area contributed by atoms with Gasteiger partial charge in [0.1, 0.15) is 29.1 Å². The van der Waals surface area contributed by atoms with Gasteiger partial charge >= 0.3 is 6.03 Å². The number of pyridine rings is 1. The molecule has 0 bridgehead atoms. The fourth-order valence-electron chi connectivity index (χ4n) is 4.42. The molecule has 1 aliphatic heterocycles. The van der Waals surface area contributed by atoms with E-state index in [1.807, 2.05) is 0 Å². The highest BCUT2D eigenvalue weighted by molar-refractivity contribution is 7.13. The van der Waals surface area contributed by atoms with Crippen molar-refractivity contribution in [1.82, 2.24) is 14.9 Å². The quantitative estimate of drug-likeness (QED) is 0.234. The van der Waals surface area contributed by atoms with Gasteiger partial charge in [-0.3, -0.25) is 10.3 Å². The number of aromatic nitrogens is 2. The highest BCUT2D eigenvalue weighted by atomic mass is 32.1. The molecule has 2 aromatic carbocycles. The Balaban J connectivity index is 1.25. The van der Waals surface area contributed by atoms with Crippen molar-refractivity contribution in [2.75, 3.05) is 36.9 Å². The number of nitrogens with one attached hydrogen (secondary N) is 2. The monoisotopic (exact) mass is 546 g/mol. The molecule has 1 fully saturated rings. The summed E-state index contributed by atoms with van der Waals surface area (Å²) in [6.07, 6.45) is 7.82. The predicted octanol–water partition coefficient (Wildman–Crippen LogP) is 6.39. The van der Waals surface area contributed by atoms with Gasteiger partial charge in [0.15, 0.2) is 5.13 Å². The van der Waals surface area contributed by atoms with Gasteiger partial charge in [-0.2, -0.15) is 5.26 Å². The molecule has 1 saturated heterocycles. The Labute approximate surface area is 229 Å². The van der Waals surface area contributed by atoms with Crippen LogP contribution in [-0.2, 0) is 0 Å². The van der Waals surface area contributed by atoms with Crippen molar-refractivity contribution in [2.45, 2.75) is 25.7 Å². The van der Waals surface area contributed by atoms with Crippen LogP contribution in [0.4, 0.5) is 20.0 Å². The summed E-state index contributed by atoms with van der Waals surface area (Å²) in [5.41, 5.74) is 0.954. The largest absolute Gasteiger partial charge is 0.492 e. The second-order valence-electron chi connectivity index (χ2n) is 9.05. The van der Waals surface area contributed by atoms with Crippen molar-refractivity contribution in [3.8, 4) is 23.3 Å². The van der Waals surface area contributed by atoms with Gasteiger partial charge in [0.25, 0.3) is 0 Å². The van der Waals surface area contributed by atoms with Crippen molar-refractivity contribution in [3.63, 3.8) is 0 Å². The minimum Gasteiger partial charge on any atom is -0.492 e. The number of urea groups is 1. The molecule has 39 heavy (non-hydrogen) atoms. The summed E-state index contributed by atoms with van der Waals surface area (Å²) in [4.78, 5) is 22.9. The lowest BCUT2D eigenvalue weighted by atomic mass is 10.1. The fourth-order valence-corrected chi connectivity index (χ4v) is 4.94. The molecule has 5 rings (SSSR count). The van der Waals surface area contributed by atoms with Crippen LogP contribution in [0.25, 0.3) is 10.9 Å². The molecule has 0 radical (unpaired) electrons. The summed E-state index contributed by atoms with van der Waals surface area (Å²) >= 11 is 1.25. The van der Waals surface area contributed by atoms with Crippen LogP contribution in [-0.4, -0.2) is 47.1 Å². The van der Waals surface area contributed by atoms with E-state index >= 15 is 0 Å². The second kappa shape index (κ2) is 12.5. The first kappa shape index (κ1) is 26.3. The van der Waals surface area contributed by atoms with Gasteiger partial charge in [-0.05, 0) is 56.6 Å². The number of amides is 2. The Hall–Kier alpha value is -4.27. The minimum atomic E-state index is -0.668. The number of hydrogen-bond acceptors (Lipinski definition) is 8. The lowest BCUT2D eigenvalue weighted by Crippen LogP contribution is -2.31. The lowest BCUT2D eigenvalue weighted by Gasteiger charge is -2.26. The third-order valence-corrected chi connectivity index (χ3v) is 7.01. The number of nitriles is 1. The normalized spacial score (nSPS) is 13.5. The zero-order valence-corrected chi connectivity index (χ0v) is 22.0. The van der Waals surface area contributed by atoms with Crippen LogP contribution >= 0.6 is 11.3 Å². The van der Waals surface area contributed by atoms with E-state index in [2.05, 4.69) is 31.6 Å². The van der Waals surface area contributed by atoms with Crippen LogP contribution in [0.1, 0.15) is 31.2 Å². The zero-order valence-electron chi connectivity index (χ0n) is 21.2. The van der Waals surface area contributed by atoms with Crippen LogP contribution in [0.2, 0.25) is 0 Å². The van der Waals surface area contributed by atoms with Gasteiger partial charge in [0.2, 0.25) is 0 Å². The van der Waals surface area contributed by atoms with Crippen molar-refractivity contribution in [2.24, 2.45) is 0 Å². The number of rotatable bonds is 9. The van der Waals surface area contributed by atoms with E-state index in [1.54, 1.807) is 42.0 Å². The van der Waals surface area contributed by atoms with Crippen molar-refractivity contribution < 1.29 is 18.7 Å². The van der Waals surface area contributed by atoms with E-state index in [0.29, 0.717) is 39.7 Å². The molecule has 200 valence electrons. The number of thiazole rings is 1. The summed E-state index contributed by atoms with van der Waals surface area (Å²) in [5.74, 6) is 0.445. The molecule has 0 aliphatic carbocycles. The number of benzene rings is 2. The van der Waals surface area contributed by atoms with E-state index in [0.717, 1.165) is 26.1 Å². The first-order valence-corrected chi connectivity index (χ1v) is 13.6. The molecule has 0 saturated carbocycles. The molecular formula is C28H27FN6O3S. The van der Waals surface area contributed by atoms with E-state index in [-0.39, 0.29) is 11.4 Å². The zero-order chi connectivity index (χ0) is 27.0. The van der Waals surface area contributed by atoms with Crippen LogP contribution in [0.15, 0.2) is 54.2 Å². The molecule has 2 amide bonds. The van der Waals surface area contributed by atoms with E-state index in [1.165, 1.54) is 42.7 Å². The maximum atomic E-state index is 14.7. The molecule has 11 heteroatoms. The highest BCUT2D eigenvalue weighted by Crippen LogP contribution is 2.34. The van der Waals surface area contributed by atoms with Gasteiger partial charge in [-0.25, -0.2) is 14.2 Å². The molecule has 2 aromatic heterocycles. The number of likely N-dealkylation sites (tertiary alicyclic amines) is 1. The van der Waals surface area contributed by atoms with Crippen LogP contribution < -0.4 is 20.1 Å². The average Bonchev–Trinajstić information content (AvgIpc) is 3.46. The molecule has 1 aliphatic rings. The number of anilines is 2. The van der Waals surface area contributed by atoms with Gasteiger partial charge in [0.05, 0.1) is 23.4 Å². The summed E-state index contributed by atoms with van der Waals surface area (Å²) in [5, 5.41) is 17.5. The number of fused-ring (bicyclic) bond motifs is 1. The molecule has 0 spiro atoms. The lowest BCUT2D eigenvalue weighted by molar-refractivity contribution is 0.205. The molecule has 9 nitrogen and oxygen atoms in total. The number of carbonyl (C=O) groups excluding carboxylic acids is 1. The minimum absolute atomic E-state index is 0.00941. The number of ether oxygens (including phenoxy) is 2. The Morgan fingerprint density at radius 3 is 2.72 bits per heavy atom. The van der Waals surface area contributed by atoms with Crippen LogP contribution in [0.3, 0.4) is 0 Å². The van der Waals surface area contributed by atoms with Crippen LogP contribution in [0.5, 0.6) is 17.2 Å². The summed E-state index contributed by atoms with van der Waals surface area (Å²) in [6.45, 7) is 3.76. The fraction of sp³-hybridized carbons (Fsp3) is 0.286. The third-order valence-electron chi connectivity index (χ3n) is 6.32. The topological polar surface area (TPSA) is 112 Å². The third kappa shape index (κ3) is 6.79. The number of hydrogen-bond donors (Lipinski definition) is 2. The number of carbonyl (C=O) groups is 1. The van der Waals surface area contributed by atoms with E-state index in [4.69, 9.17) is 9.47 Å². The van der Waals surface area contributed by atoms with Gasteiger partial charge in [-0.15, -0.1) is 11.3 Å². The Morgan fingerprint density at radius 1 is 1.08 bits per heavy atom. The number of nitrogens with zero attached hydrogens (tertiary/aromatic N) is 4. The Bertz CT molecular complexity index is 1480. The second-order valence-corrected chi connectivity index (χ2v) is 9.95. The molecule has 0 unspecified atom stereocenters.